The first-order chi connectivity index (χ1) is 11.1. The molecule has 4 heteroatoms. The molecular formula is C19H21N3O. The molecule has 0 radical (unpaired) electrons. The van der Waals surface area contributed by atoms with Gasteiger partial charge in [-0.15, -0.1) is 0 Å². The molecule has 0 aliphatic heterocycles. The molecule has 2 heterocycles. The number of aryl methyl sites for hydroxylation is 1. The molecule has 0 spiro atoms. The Morgan fingerprint density at radius 1 is 1.17 bits per heavy atom. The molecule has 0 aliphatic carbocycles. The van der Waals surface area contributed by atoms with Gasteiger partial charge in [0, 0.05) is 24.8 Å². The molecule has 3 aromatic rings. The van der Waals surface area contributed by atoms with Crippen molar-refractivity contribution in [3.05, 3.63) is 81.9 Å². The van der Waals surface area contributed by atoms with Gasteiger partial charge >= 0.3 is 0 Å². The molecule has 118 valence electrons. The van der Waals surface area contributed by atoms with Crippen LogP contribution in [0.1, 0.15) is 29.8 Å². The third-order valence-electron chi connectivity index (χ3n) is 4.29. The number of benzene rings is 1. The van der Waals surface area contributed by atoms with Crippen LogP contribution >= 0.6 is 0 Å². The lowest BCUT2D eigenvalue weighted by atomic mass is 10.1. The Kier molecular flexibility index (Phi) is 4.26. The third kappa shape index (κ3) is 3.17. The van der Waals surface area contributed by atoms with Crippen LogP contribution in [0.25, 0.3) is 5.65 Å². The van der Waals surface area contributed by atoms with Crippen molar-refractivity contribution in [2.45, 2.75) is 26.4 Å². The van der Waals surface area contributed by atoms with E-state index in [4.69, 9.17) is 0 Å². The summed E-state index contributed by atoms with van der Waals surface area (Å²) in [5.41, 5.74) is 3.76. The predicted octanol–water partition coefficient (Wildman–Crippen LogP) is 3.20. The van der Waals surface area contributed by atoms with Crippen molar-refractivity contribution in [3.8, 4) is 0 Å². The number of pyridine rings is 1. The molecule has 4 nitrogen and oxygen atoms in total. The van der Waals surface area contributed by atoms with E-state index in [1.165, 1.54) is 5.56 Å². The second-order valence-electron chi connectivity index (χ2n) is 5.97. The monoisotopic (exact) mass is 307 g/mol. The van der Waals surface area contributed by atoms with Gasteiger partial charge < -0.3 is 0 Å². The fourth-order valence-electron chi connectivity index (χ4n) is 2.77. The molecule has 0 saturated heterocycles. The summed E-state index contributed by atoms with van der Waals surface area (Å²) in [5, 5.41) is 0. The van der Waals surface area contributed by atoms with Crippen molar-refractivity contribution in [2.75, 3.05) is 7.05 Å². The van der Waals surface area contributed by atoms with Gasteiger partial charge in [0.05, 0.1) is 5.69 Å². The van der Waals surface area contributed by atoms with E-state index in [9.17, 15) is 4.79 Å². The Morgan fingerprint density at radius 2 is 1.91 bits per heavy atom. The minimum absolute atomic E-state index is 0.0329. The first-order valence-electron chi connectivity index (χ1n) is 7.79. The van der Waals surface area contributed by atoms with Crippen LogP contribution in [-0.2, 0) is 6.54 Å². The Bertz CT molecular complexity index is 871. The number of fused-ring (bicyclic) bond motifs is 1. The zero-order valence-electron chi connectivity index (χ0n) is 13.7. The average molecular weight is 307 g/mol. The first kappa shape index (κ1) is 15.4. The lowest BCUT2D eigenvalue weighted by Crippen LogP contribution is -2.24. The molecule has 0 unspecified atom stereocenters. The average Bonchev–Trinajstić information content (AvgIpc) is 2.56. The maximum Gasteiger partial charge on any atom is 0.258 e. The van der Waals surface area contributed by atoms with Crippen LogP contribution in [0, 0.1) is 6.92 Å². The summed E-state index contributed by atoms with van der Waals surface area (Å²) < 4.78 is 1.60. The van der Waals surface area contributed by atoms with Gasteiger partial charge in [-0.1, -0.05) is 36.4 Å². The summed E-state index contributed by atoms with van der Waals surface area (Å²) in [5.74, 6) is 0. The summed E-state index contributed by atoms with van der Waals surface area (Å²) in [6, 6.07) is 16.1. The maximum absolute atomic E-state index is 12.3. The molecule has 0 saturated carbocycles. The van der Waals surface area contributed by atoms with Crippen molar-refractivity contribution < 1.29 is 0 Å². The highest BCUT2D eigenvalue weighted by Crippen LogP contribution is 2.19. The Labute approximate surface area is 136 Å². The van der Waals surface area contributed by atoms with Gasteiger partial charge in [-0.2, -0.15) is 0 Å². The predicted molar refractivity (Wildman–Crippen MR) is 92.5 cm³/mol. The second-order valence-corrected chi connectivity index (χ2v) is 5.97. The summed E-state index contributed by atoms with van der Waals surface area (Å²) in [7, 11) is 2.05. The summed E-state index contributed by atoms with van der Waals surface area (Å²) >= 11 is 0. The second kappa shape index (κ2) is 6.34. The van der Waals surface area contributed by atoms with E-state index in [0.29, 0.717) is 6.54 Å². The molecule has 0 amide bonds. The van der Waals surface area contributed by atoms with Crippen LogP contribution < -0.4 is 5.56 Å². The van der Waals surface area contributed by atoms with Crippen molar-refractivity contribution in [2.24, 2.45) is 0 Å². The molecule has 1 atom stereocenters. The lowest BCUT2D eigenvalue weighted by Gasteiger charge is -2.24. The van der Waals surface area contributed by atoms with Gasteiger partial charge in [0.25, 0.3) is 5.56 Å². The molecule has 0 bridgehead atoms. The summed E-state index contributed by atoms with van der Waals surface area (Å²) in [6.45, 7) is 4.77. The maximum atomic E-state index is 12.3. The van der Waals surface area contributed by atoms with Gasteiger partial charge in [0.1, 0.15) is 5.65 Å². The molecule has 23 heavy (non-hydrogen) atoms. The first-order valence-corrected chi connectivity index (χ1v) is 7.79. The van der Waals surface area contributed by atoms with E-state index in [0.717, 1.165) is 16.9 Å². The van der Waals surface area contributed by atoms with Crippen LogP contribution in [0.3, 0.4) is 0 Å². The highest BCUT2D eigenvalue weighted by Gasteiger charge is 2.13. The lowest BCUT2D eigenvalue weighted by molar-refractivity contribution is 0.250. The van der Waals surface area contributed by atoms with E-state index in [1.807, 2.05) is 37.3 Å². The van der Waals surface area contributed by atoms with Crippen LogP contribution in [0.2, 0.25) is 0 Å². The SMILES string of the molecule is Cc1cccn2c(=O)cc(CN(C)[C@H](C)c3ccccc3)nc12. The van der Waals surface area contributed by atoms with Crippen LogP contribution in [0.5, 0.6) is 0 Å². The highest BCUT2D eigenvalue weighted by atomic mass is 16.1. The molecule has 0 aliphatic rings. The topological polar surface area (TPSA) is 37.6 Å². The number of nitrogens with zero attached hydrogens (tertiary/aromatic N) is 3. The van der Waals surface area contributed by atoms with Crippen LogP contribution in [0.15, 0.2) is 59.5 Å². The standard InChI is InChI=1S/C19H21N3O/c1-14-8-7-11-22-18(23)12-17(20-19(14)22)13-21(3)15(2)16-9-5-4-6-10-16/h4-12,15H,13H2,1-3H3/t15-/m1/s1. The summed E-state index contributed by atoms with van der Waals surface area (Å²) in [6.07, 6.45) is 1.76. The molecule has 2 aromatic heterocycles. The van der Waals surface area contributed by atoms with Gasteiger partial charge in [-0.3, -0.25) is 14.1 Å². The minimum Gasteiger partial charge on any atom is -0.294 e. The van der Waals surface area contributed by atoms with Crippen LogP contribution in [-0.4, -0.2) is 21.3 Å². The van der Waals surface area contributed by atoms with Crippen molar-refractivity contribution in [1.82, 2.24) is 14.3 Å². The number of rotatable bonds is 4. The molecule has 0 N–H and O–H groups in total. The highest BCUT2D eigenvalue weighted by molar-refractivity contribution is 5.46. The number of hydrogen-bond donors (Lipinski definition) is 0. The Balaban J connectivity index is 1.89. The van der Waals surface area contributed by atoms with Crippen molar-refractivity contribution in [1.29, 1.82) is 0 Å². The van der Waals surface area contributed by atoms with Gasteiger partial charge in [0.15, 0.2) is 0 Å². The minimum atomic E-state index is -0.0329. The van der Waals surface area contributed by atoms with E-state index < -0.39 is 0 Å². The van der Waals surface area contributed by atoms with E-state index in [1.54, 1.807) is 16.7 Å². The van der Waals surface area contributed by atoms with Gasteiger partial charge in [-0.05, 0) is 38.1 Å². The fraction of sp³-hybridized carbons (Fsp3) is 0.263. The molecule has 3 rings (SSSR count). The van der Waals surface area contributed by atoms with Crippen LogP contribution in [0.4, 0.5) is 0 Å². The summed E-state index contributed by atoms with van der Waals surface area (Å²) in [4.78, 5) is 19.2. The molecule has 1 aromatic carbocycles. The normalized spacial score (nSPS) is 12.7. The third-order valence-corrected chi connectivity index (χ3v) is 4.29. The zero-order valence-corrected chi connectivity index (χ0v) is 13.7. The molecular weight excluding hydrogens is 286 g/mol. The van der Waals surface area contributed by atoms with Gasteiger partial charge in [-0.25, -0.2) is 4.98 Å². The Hall–Kier alpha value is -2.46. The van der Waals surface area contributed by atoms with Crippen molar-refractivity contribution >= 4 is 5.65 Å². The number of aromatic nitrogens is 2. The zero-order chi connectivity index (χ0) is 16.4. The Morgan fingerprint density at radius 3 is 2.65 bits per heavy atom. The number of hydrogen-bond acceptors (Lipinski definition) is 3. The largest absolute Gasteiger partial charge is 0.294 e. The quantitative estimate of drug-likeness (QED) is 0.743. The molecule has 0 fully saturated rings. The fourth-order valence-corrected chi connectivity index (χ4v) is 2.77. The van der Waals surface area contributed by atoms with Crippen molar-refractivity contribution in [3.63, 3.8) is 0 Å². The van der Waals surface area contributed by atoms with E-state index in [-0.39, 0.29) is 11.6 Å². The smallest absolute Gasteiger partial charge is 0.258 e. The van der Waals surface area contributed by atoms with E-state index in [2.05, 4.69) is 36.0 Å². The van der Waals surface area contributed by atoms with Gasteiger partial charge in [0.2, 0.25) is 0 Å². The van der Waals surface area contributed by atoms with E-state index >= 15 is 0 Å².